The predicted octanol–water partition coefficient (Wildman–Crippen LogP) is -0.225. The molecule has 142 valence electrons. The van der Waals surface area contributed by atoms with Crippen molar-refractivity contribution in [3.63, 3.8) is 0 Å². The number of hydrogen-bond acceptors (Lipinski definition) is 7. The summed E-state index contributed by atoms with van der Waals surface area (Å²) in [4.78, 5) is 21.4. The maximum Gasteiger partial charge on any atom is 0.269 e. The standard InChI is InChI=1S/C13H20N4O6S.ClH/c1-23-11(9-14)8-13(18)15-6-7-16-24(21,22)12-4-2-10(3-5-12)17(19)20;/h2-5,11,16H,6-9,14H2,1H3,(H,15,18);1H. The molecular weight excluding hydrogens is 376 g/mol. The highest BCUT2D eigenvalue weighted by atomic mass is 35.5. The number of nitro benzene ring substituents is 1. The number of rotatable bonds is 10. The summed E-state index contributed by atoms with van der Waals surface area (Å²) >= 11 is 0. The Bertz CT molecular complexity index is 664. The van der Waals surface area contributed by atoms with Crippen molar-refractivity contribution >= 4 is 34.0 Å². The highest BCUT2D eigenvalue weighted by molar-refractivity contribution is 7.89. The van der Waals surface area contributed by atoms with Crippen molar-refractivity contribution in [2.45, 2.75) is 17.4 Å². The van der Waals surface area contributed by atoms with E-state index in [2.05, 4.69) is 10.0 Å². The zero-order valence-electron chi connectivity index (χ0n) is 13.5. The van der Waals surface area contributed by atoms with Crippen LogP contribution in [0.3, 0.4) is 0 Å². The summed E-state index contributed by atoms with van der Waals surface area (Å²) in [5.41, 5.74) is 5.20. The number of carbonyl (C=O) groups is 1. The molecule has 1 rings (SSSR count). The number of ether oxygens (including phenoxy) is 1. The van der Waals surface area contributed by atoms with Gasteiger partial charge in [-0.05, 0) is 12.1 Å². The van der Waals surface area contributed by atoms with Gasteiger partial charge in [-0.2, -0.15) is 0 Å². The lowest BCUT2D eigenvalue weighted by Crippen LogP contribution is -2.37. The second kappa shape index (κ2) is 10.9. The van der Waals surface area contributed by atoms with Crippen molar-refractivity contribution in [1.29, 1.82) is 0 Å². The number of benzene rings is 1. The Morgan fingerprint density at radius 3 is 2.40 bits per heavy atom. The van der Waals surface area contributed by atoms with Gasteiger partial charge in [-0.15, -0.1) is 12.4 Å². The minimum Gasteiger partial charge on any atom is -0.380 e. The van der Waals surface area contributed by atoms with Crippen LogP contribution in [0.25, 0.3) is 0 Å². The summed E-state index contributed by atoms with van der Waals surface area (Å²) in [6.07, 6.45) is -0.302. The van der Waals surface area contributed by atoms with E-state index in [4.69, 9.17) is 10.5 Å². The van der Waals surface area contributed by atoms with Gasteiger partial charge in [0.1, 0.15) is 0 Å². The van der Waals surface area contributed by atoms with Crippen molar-refractivity contribution in [3.05, 3.63) is 34.4 Å². The molecule has 0 radical (unpaired) electrons. The number of nitro groups is 1. The first-order valence-electron chi connectivity index (χ1n) is 7.04. The van der Waals surface area contributed by atoms with Crippen LogP contribution >= 0.6 is 12.4 Å². The van der Waals surface area contributed by atoms with E-state index < -0.39 is 14.9 Å². The Kier molecular flexibility index (Phi) is 10.2. The summed E-state index contributed by atoms with van der Waals surface area (Å²) in [5.74, 6) is -0.304. The van der Waals surface area contributed by atoms with E-state index in [1.807, 2.05) is 0 Å². The van der Waals surface area contributed by atoms with Gasteiger partial charge in [0.2, 0.25) is 15.9 Å². The number of halogens is 1. The third-order valence-electron chi connectivity index (χ3n) is 3.11. The molecule has 10 nitrogen and oxygen atoms in total. The fourth-order valence-electron chi connectivity index (χ4n) is 1.76. The maximum absolute atomic E-state index is 12.0. The molecule has 0 aromatic heterocycles. The first-order chi connectivity index (χ1) is 11.3. The fourth-order valence-corrected chi connectivity index (χ4v) is 2.79. The molecular formula is C13H21ClN4O6S. The van der Waals surface area contributed by atoms with E-state index in [1.165, 1.54) is 7.11 Å². The number of non-ortho nitro benzene ring substituents is 1. The van der Waals surface area contributed by atoms with Crippen LogP contribution in [0.4, 0.5) is 5.69 Å². The number of amides is 1. The van der Waals surface area contributed by atoms with Crippen molar-refractivity contribution in [1.82, 2.24) is 10.0 Å². The third-order valence-corrected chi connectivity index (χ3v) is 4.58. The number of sulfonamides is 1. The molecule has 1 amide bonds. The Morgan fingerprint density at radius 1 is 1.32 bits per heavy atom. The molecule has 0 aliphatic carbocycles. The molecule has 4 N–H and O–H groups in total. The van der Waals surface area contributed by atoms with E-state index in [0.717, 1.165) is 24.3 Å². The average molecular weight is 397 g/mol. The lowest BCUT2D eigenvalue weighted by atomic mass is 10.2. The Hall–Kier alpha value is -1.79. The van der Waals surface area contributed by atoms with Crippen molar-refractivity contribution in [2.24, 2.45) is 5.73 Å². The molecule has 0 saturated heterocycles. The second-order valence-corrected chi connectivity index (χ2v) is 6.56. The first kappa shape index (κ1) is 23.2. The molecule has 1 atom stereocenters. The largest absolute Gasteiger partial charge is 0.380 e. The van der Waals surface area contributed by atoms with Gasteiger partial charge >= 0.3 is 0 Å². The van der Waals surface area contributed by atoms with E-state index in [-0.39, 0.29) is 61.1 Å². The van der Waals surface area contributed by atoms with Crippen molar-refractivity contribution in [3.8, 4) is 0 Å². The van der Waals surface area contributed by atoms with Crippen LogP contribution in [0.15, 0.2) is 29.2 Å². The smallest absolute Gasteiger partial charge is 0.269 e. The summed E-state index contributed by atoms with van der Waals surface area (Å²) < 4.78 is 31.3. The lowest BCUT2D eigenvalue weighted by Gasteiger charge is -2.12. The molecule has 1 aromatic rings. The van der Waals surface area contributed by atoms with Crippen molar-refractivity contribution < 1.29 is 22.9 Å². The number of nitrogens with one attached hydrogen (secondary N) is 2. The van der Waals surface area contributed by atoms with Gasteiger partial charge in [0.05, 0.1) is 22.3 Å². The summed E-state index contributed by atoms with van der Waals surface area (Å²) in [6, 6.07) is 4.50. The van der Waals surface area contributed by atoms with Gasteiger partial charge in [0.25, 0.3) is 5.69 Å². The topological polar surface area (TPSA) is 154 Å². The van der Waals surface area contributed by atoms with Gasteiger partial charge < -0.3 is 15.8 Å². The molecule has 1 aromatic carbocycles. The lowest BCUT2D eigenvalue weighted by molar-refractivity contribution is -0.384. The van der Waals surface area contributed by atoms with Crippen LogP contribution in [0.1, 0.15) is 6.42 Å². The van der Waals surface area contributed by atoms with Gasteiger partial charge in [-0.1, -0.05) is 0 Å². The van der Waals surface area contributed by atoms with Crippen molar-refractivity contribution in [2.75, 3.05) is 26.7 Å². The third kappa shape index (κ3) is 7.75. The number of carbonyl (C=O) groups excluding carboxylic acids is 1. The Labute approximate surface area is 151 Å². The van der Waals surface area contributed by atoms with Crippen LogP contribution in [0.2, 0.25) is 0 Å². The molecule has 25 heavy (non-hydrogen) atoms. The Morgan fingerprint density at radius 2 is 1.92 bits per heavy atom. The van der Waals surface area contributed by atoms with Crippen LogP contribution in [-0.4, -0.2) is 52.1 Å². The molecule has 0 heterocycles. The van der Waals surface area contributed by atoms with E-state index in [9.17, 15) is 23.3 Å². The minimum absolute atomic E-state index is 0. The SMILES string of the molecule is COC(CN)CC(=O)NCCNS(=O)(=O)c1ccc([N+](=O)[O-])cc1.Cl. The zero-order chi connectivity index (χ0) is 18.2. The van der Waals surface area contributed by atoms with Gasteiger partial charge in [0, 0.05) is 38.9 Å². The molecule has 0 saturated carbocycles. The van der Waals surface area contributed by atoms with Crippen LogP contribution in [0, 0.1) is 10.1 Å². The molecule has 0 bridgehead atoms. The van der Waals surface area contributed by atoms with E-state index >= 15 is 0 Å². The molecule has 12 heteroatoms. The second-order valence-electron chi connectivity index (χ2n) is 4.80. The quantitative estimate of drug-likeness (QED) is 0.280. The summed E-state index contributed by atoms with van der Waals surface area (Å²) in [7, 11) is -2.35. The minimum atomic E-state index is -3.80. The normalized spacial score (nSPS) is 12.1. The van der Waals surface area contributed by atoms with E-state index in [0.29, 0.717) is 0 Å². The van der Waals surface area contributed by atoms with Gasteiger partial charge in [0.15, 0.2) is 0 Å². The van der Waals surface area contributed by atoms with Crippen LogP contribution < -0.4 is 15.8 Å². The van der Waals surface area contributed by atoms with Crippen LogP contribution in [-0.2, 0) is 19.6 Å². The molecule has 0 aliphatic rings. The predicted molar refractivity (Wildman–Crippen MR) is 93.0 cm³/mol. The number of methoxy groups -OCH3 is 1. The van der Waals surface area contributed by atoms with Crippen LogP contribution in [0.5, 0.6) is 0 Å². The highest BCUT2D eigenvalue weighted by Crippen LogP contribution is 2.15. The van der Waals surface area contributed by atoms with Gasteiger partial charge in [-0.25, -0.2) is 13.1 Å². The average Bonchev–Trinajstić information content (AvgIpc) is 2.56. The Balaban J connectivity index is 0.00000576. The highest BCUT2D eigenvalue weighted by Gasteiger charge is 2.16. The molecule has 0 spiro atoms. The number of hydrogen-bond donors (Lipinski definition) is 3. The summed E-state index contributed by atoms with van der Waals surface area (Å²) in [6.45, 7) is 0.272. The van der Waals surface area contributed by atoms with Gasteiger partial charge in [-0.3, -0.25) is 14.9 Å². The molecule has 1 unspecified atom stereocenters. The zero-order valence-corrected chi connectivity index (χ0v) is 15.1. The maximum atomic E-state index is 12.0. The monoisotopic (exact) mass is 396 g/mol. The number of nitrogens with zero attached hydrogens (tertiary/aromatic N) is 1. The first-order valence-corrected chi connectivity index (χ1v) is 8.52. The molecule has 0 fully saturated rings. The number of nitrogens with two attached hydrogens (primary N) is 1. The molecule has 0 aliphatic heterocycles. The van der Waals surface area contributed by atoms with E-state index in [1.54, 1.807) is 0 Å². The summed E-state index contributed by atoms with van der Waals surface area (Å²) in [5, 5.41) is 13.1. The fraction of sp³-hybridized carbons (Fsp3) is 0.462.